The molecular formula is C13H14Br2O3S. The van der Waals surface area contributed by atoms with E-state index in [9.17, 15) is 13.2 Å². The maximum atomic E-state index is 12.5. The zero-order chi connectivity index (χ0) is 14.2. The van der Waals surface area contributed by atoms with E-state index in [-0.39, 0.29) is 11.5 Å². The monoisotopic (exact) mass is 408 g/mol. The predicted molar refractivity (Wildman–Crippen MR) is 82.3 cm³/mol. The summed E-state index contributed by atoms with van der Waals surface area (Å²) in [5.41, 5.74) is 1.43. The average molecular weight is 410 g/mol. The molecule has 1 aliphatic rings. The molecule has 1 aliphatic heterocycles. The van der Waals surface area contributed by atoms with Crippen LogP contribution in [-0.4, -0.2) is 25.2 Å². The summed E-state index contributed by atoms with van der Waals surface area (Å²) >= 11 is 6.73. The molecule has 0 aliphatic carbocycles. The largest absolute Gasteiger partial charge is 0.293 e. The Hall–Kier alpha value is -0.200. The third kappa shape index (κ3) is 3.11. The van der Waals surface area contributed by atoms with E-state index in [1.54, 1.807) is 6.07 Å². The van der Waals surface area contributed by atoms with E-state index in [0.717, 1.165) is 16.5 Å². The average Bonchev–Trinajstić information content (AvgIpc) is 2.32. The fraction of sp³-hybridized carbons (Fsp3) is 0.462. The van der Waals surface area contributed by atoms with Crippen molar-refractivity contribution in [1.29, 1.82) is 0 Å². The molecule has 6 heteroatoms. The molecule has 0 amide bonds. The summed E-state index contributed by atoms with van der Waals surface area (Å²) in [5, 5.41) is -0.882. The second-order valence-corrected chi connectivity index (χ2v) is 8.81. The molecule has 0 spiro atoms. The van der Waals surface area contributed by atoms with Gasteiger partial charge in [0, 0.05) is 14.5 Å². The summed E-state index contributed by atoms with van der Waals surface area (Å²) < 4.78 is 25.5. The molecule has 0 aromatic heterocycles. The number of halogens is 2. The molecule has 0 bridgehead atoms. The van der Waals surface area contributed by atoms with Crippen molar-refractivity contribution in [2.45, 2.75) is 31.4 Å². The highest BCUT2D eigenvalue weighted by Gasteiger charge is 2.36. The number of ketones is 1. The first kappa shape index (κ1) is 15.2. The zero-order valence-corrected chi connectivity index (χ0v) is 14.4. The van der Waals surface area contributed by atoms with Crippen molar-refractivity contribution < 1.29 is 13.2 Å². The Labute approximate surface area is 130 Å². The van der Waals surface area contributed by atoms with Crippen molar-refractivity contribution in [3.8, 4) is 0 Å². The highest BCUT2D eigenvalue weighted by atomic mass is 79.9. The van der Waals surface area contributed by atoms with Gasteiger partial charge in [-0.2, -0.15) is 0 Å². The number of hydrogen-bond acceptors (Lipinski definition) is 3. The van der Waals surface area contributed by atoms with Crippen LogP contribution in [0.4, 0.5) is 0 Å². The fourth-order valence-electron chi connectivity index (χ4n) is 2.26. The second kappa shape index (κ2) is 5.66. The van der Waals surface area contributed by atoms with Crippen LogP contribution in [0, 0.1) is 6.92 Å². The Kier molecular flexibility index (Phi) is 4.52. The Bertz CT molecular complexity index is 623. The normalized spacial score (nSPS) is 22.2. The molecule has 0 radical (unpaired) electrons. The van der Waals surface area contributed by atoms with Crippen molar-refractivity contribution in [2.24, 2.45) is 0 Å². The molecule has 1 atom stereocenters. The predicted octanol–water partition coefficient (Wildman–Crippen LogP) is 3.67. The highest BCUT2D eigenvalue weighted by molar-refractivity contribution is 9.11. The zero-order valence-electron chi connectivity index (χ0n) is 10.4. The van der Waals surface area contributed by atoms with Gasteiger partial charge in [-0.25, -0.2) is 8.42 Å². The fourth-order valence-corrected chi connectivity index (χ4v) is 5.12. The first-order valence-corrected chi connectivity index (χ1v) is 9.34. The molecule has 19 heavy (non-hydrogen) atoms. The van der Waals surface area contributed by atoms with Crippen LogP contribution in [0.15, 0.2) is 21.1 Å². The van der Waals surface area contributed by atoms with Crippen LogP contribution in [0.1, 0.15) is 35.2 Å². The van der Waals surface area contributed by atoms with Gasteiger partial charge in [-0.1, -0.05) is 38.3 Å². The van der Waals surface area contributed by atoms with Crippen LogP contribution in [0.3, 0.4) is 0 Å². The van der Waals surface area contributed by atoms with Crippen molar-refractivity contribution in [2.75, 3.05) is 5.75 Å². The van der Waals surface area contributed by atoms with Gasteiger partial charge in [0.05, 0.1) is 5.75 Å². The third-order valence-electron chi connectivity index (χ3n) is 3.38. The molecule has 2 rings (SSSR count). The van der Waals surface area contributed by atoms with Crippen molar-refractivity contribution in [3.63, 3.8) is 0 Å². The number of aryl methyl sites for hydroxylation is 1. The smallest absolute Gasteiger partial charge is 0.182 e. The number of rotatable bonds is 2. The van der Waals surface area contributed by atoms with Gasteiger partial charge in [0.2, 0.25) is 0 Å². The number of hydrogen-bond donors (Lipinski definition) is 0. The van der Waals surface area contributed by atoms with E-state index in [4.69, 9.17) is 0 Å². The lowest BCUT2D eigenvalue weighted by Crippen LogP contribution is -2.35. The molecule has 104 valence electrons. The number of carbonyl (C=O) groups excluding carboxylic acids is 1. The van der Waals surface area contributed by atoms with Gasteiger partial charge in [-0.05, 0) is 37.5 Å². The SMILES string of the molecule is Cc1cc(Br)c(C(=O)C2CCCCS2(=O)=O)cc1Br. The standard InChI is InChI=1S/C13H14Br2O3S/c1-8-6-11(15)9(7-10(8)14)13(16)12-4-2-3-5-19(12,17)18/h6-7,12H,2-5H2,1H3. The summed E-state index contributed by atoms with van der Waals surface area (Å²) in [6.07, 6.45) is 1.88. The molecule has 1 aromatic rings. The van der Waals surface area contributed by atoms with E-state index in [1.165, 1.54) is 0 Å². The van der Waals surface area contributed by atoms with Crippen LogP contribution in [0.5, 0.6) is 0 Å². The van der Waals surface area contributed by atoms with Crippen molar-refractivity contribution in [1.82, 2.24) is 0 Å². The van der Waals surface area contributed by atoms with Gasteiger partial charge >= 0.3 is 0 Å². The van der Waals surface area contributed by atoms with E-state index in [1.807, 2.05) is 13.0 Å². The maximum absolute atomic E-state index is 12.5. The lowest BCUT2D eigenvalue weighted by atomic mass is 10.0. The third-order valence-corrected chi connectivity index (χ3v) is 7.07. The molecule has 0 N–H and O–H groups in total. The highest BCUT2D eigenvalue weighted by Crippen LogP contribution is 2.30. The first-order valence-electron chi connectivity index (χ1n) is 6.04. The van der Waals surface area contributed by atoms with Crippen LogP contribution >= 0.6 is 31.9 Å². The molecule has 0 saturated carbocycles. The summed E-state index contributed by atoms with van der Waals surface area (Å²) in [5.74, 6) is -0.180. The molecule has 1 unspecified atom stereocenters. The maximum Gasteiger partial charge on any atom is 0.182 e. The summed E-state index contributed by atoms with van der Waals surface area (Å²) in [4.78, 5) is 12.5. The summed E-state index contributed by atoms with van der Waals surface area (Å²) in [6.45, 7) is 1.92. The molecule has 1 heterocycles. The van der Waals surface area contributed by atoms with Gasteiger partial charge < -0.3 is 0 Å². The van der Waals surface area contributed by atoms with E-state index < -0.39 is 15.1 Å². The van der Waals surface area contributed by atoms with Gasteiger partial charge in [-0.3, -0.25) is 4.79 Å². The van der Waals surface area contributed by atoms with Crippen LogP contribution in [-0.2, 0) is 9.84 Å². The minimum Gasteiger partial charge on any atom is -0.293 e. The molecule has 1 saturated heterocycles. The van der Waals surface area contributed by atoms with E-state index in [2.05, 4.69) is 31.9 Å². The van der Waals surface area contributed by atoms with Gasteiger partial charge in [0.1, 0.15) is 5.25 Å². The van der Waals surface area contributed by atoms with Crippen molar-refractivity contribution >= 4 is 47.5 Å². The topological polar surface area (TPSA) is 51.2 Å². The molecular weight excluding hydrogens is 396 g/mol. The molecule has 1 aromatic carbocycles. The Morgan fingerprint density at radius 1 is 1.21 bits per heavy atom. The minimum absolute atomic E-state index is 0.119. The van der Waals surface area contributed by atoms with E-state index in [0.29, 0.717) is 22.9 Å². The minimum atomic E-state index is -3.30. The lowest BCUT2D eigenvalue weighted by Gasteiger charge is -2.21. The van der Waals surface area contributed by atoms with Crippen molar-refractivity contribution in [3.05, 3.63) is 32.2 Å². The van der Waals surface area contributed by atoms with Gasteiger partial charge in [-0.15, -0.1) is 0 Å². The van der Waals surface area contributed by atoms with Crippen LogP contribution in [0.2, 0.25) is 0 Å². The number of sulfone groups is 1. The van der Waals surface area contributed by atoms with Crippen LogP contribution < -0.4 is 0 Å². The lowest BCUT2D eigenvalue weighted by molar-refractivity contribution is 0.0980. The quantitative estimate of drug-likeness (QED) is 0.700. The molecule has 1 fully saturated rings. The number of benzene rings is 1. The first-order chi connectivity index (χ1) is 8.83. The second-order valence-electron chi connectivity index (χ2n) is 4.80. The summed E-state index contributed by atoms with van der Waals surface area (Å²) in [7, 11) is -3.30. The molecule has 3 nitrogen and oxygen atoms in total. The Morgan fingerprint density at radius 3 is 2.53 bits per heavy atom. The van der Waals surface area contributed by atoms with Crippen LogP contribution in [0.25, 0.3) is 0 Å². The number of carbonyl (C=O) groups is 1. The van der Waals surface area contributed by atoms with Gasteiger partial charge in [0.25, 0.3) is 0 Å². The Balaban J connectivity index is 2.42. The van der Waals surface area contributed by atoms with E-state index >= 15 is 0 Å². The Morgan fingerprint density at radius 2 is 1.89 bits per heavy atom. The summed E-state index contributed by atoms with van der Waals surface area (Å²) in [6, 6.07) is 3.53. The number of Topliss-reactive ketones (excluding diaryl/α,β-unsaturated/α-hetero) is 1. The van der Waals surface area contributed by atoms with Gasteiger partial charge in [0.15, 0.2) is 15.6 Å².